The molecule has 0 atom stereocenters. The zero-order chi connectivity index (χ0) is 26.6. The summed E-state index contributed by atoms with van der Waals surface area (Å²) < 4.78 is 32.2. The van der Waals surface area contributed by atoms with Gasteiger partial charge in [-0.2, -0.15) is 0 Å². The molecule has 0 radical (unpaired) electrons. The van der Waals surface area contributed by atoms with Gasteiger partial charge in [-0.1, -0.05) is 0 Å². The fourth-order valence-electron chi connectivity index (χ4n) is 5.82. The predicted octanol–water partition coefficient (Wildman–Crippen LogP) is 5.37. The summed E-state index contributed by atoms with van der Waals surface area (Å²) in [5, 5.41) is 3.10. The van der Waals surface area contributed by atoms with Gasteiger partial charge in [-0.3, -0.25) is 9.78 Å². The Labute approximate surface area is 219 Å². The van der Waals surface area contributed by atoms with Crippen molar-refractivity contribution in [3.8, 4) is 11.3 Å². The zero-order valence-electron chi connectivity index (χ0n) is 21.8. The van der Waals surface area contributed by atoms with E-state index in [2.05, 4.69) is 46.1 Å². The lowest BCUT2D eigenvalue weighted by Crippen LogP contribution is -2.29. The number of piperidine rings is 1. The number of pyridine rings is 2. The monoisotopic (exact) mass is 516 g/mol. The zero-order valence-corrected chi connectivity index (χ0v) is 21.8. The topological polar surface area (TPSA) is 75.9 Å². The number of nitrogens with one attached hydrogen (secondary N) is 1. The number of aromatic nitrogens is 4. The molecule has 0 amide bonds. The molecule has 2 aliphatic heterocycles. The Morgan fingerprint density at radius 3 is 2.55 bits per heavy atom. The number of likely N-dealkylation sites (tertiary alicyclic amines) is 1. The normalized spacial score (nSPS) is 17.6. The van der Waals surface area contributed by atoms with Gasteiger partial charge in [0, 0.05) is 34.5 Å². The van der Waals surface area contributed by atoms with Gasteiger partial charge in [0.25, 0.3) is 0 Å². The van der Waals surface area contributed by atoms with E-state index in [0.717, 1.165) is 56.4 Å². The average Bonchev–Trinajstić information content (AvgIpc) is 3.20. The average molecular weight is 517 g/mol. The van der Waals surface area contributed by atoms with Crippen LogP contribution in [-0.2, 0) is 12.0 Å². The number of halogens is 2. The molecule has 1 saturated heterocycles. The molecule has 1 aromatic carbocycles. The number of aryl methyl sites for hydroxylation is 1. The molecule has 7 nitrogen and oxygen atoms in total. The summed E-state index contributed by atoms with van der Waals surface area (Å²) in [4.78, 5) is 28.1. The van der Waals surface area contributed by atoms with Crippen LogP contribution in [0.25, 0.3) is 22.2 Å². The molecular weight excluding hydrogens is 486 g/mol. The fraction of sp³-hybridized carbons (Fsp3) is 0.379. The molecule has 0 unspecified atom stereocenters. The summed E-state index contributed by atoms with van der Waals surface area (Å²) in [7, 11) is 2.13. The van der Waals surface area contributed by atoms with Crippen molar-refractivity contribution < 1.29 is 8.78 Å². The number of fused-ring (bicyclic) bond motifs is 3. The first-order valence-electron chi connectivity index (χ1n) is 13.0. The Hall–Kier alpha value is -3.72. The number of hydrogen-bond acceptors (Lipinski definition) is 6. The van der Waals surface area contributed by atoms with Gasteiger partial charge in [0.1, 0.15) is 11.5 Å². The van der Waals surface area contributed by atoms with Crippen LogP contribution in [0, 0.1) is 11.6 Å². The first-order valence-corrected chi connectivity index (χ1v) is 13.0. The van der Waals surface area contributed by atoms with Crippen LogP contribution < -0.4 is 10.7 Å². The highest BCUT2D eigenvalue weighted by atomic mass is 19.1. The van der Waals surface area contributed by atoms with Crippen LogP contribution in [0.4, 0.5) is 20.4 Å². The second-order valence-electron chi connectivity index (χ2n) is 11.1. The predicted molar refractivity (Wildman–Crippen MR) is 144 cm³/mol. The van der Waals surface area contributed by atoms with Crippen molar-refractivity contribution >= 4 is 22.5 Å². The van der Waals surface area contributed by atoms with E-state index in [9.17, 15) is 9.18 Å². The molecular formula is C29H30F2N6O. The van der Waals surface area contributed by atoms with Crippen LogP contribution in [0.15, 0.2) is 47.5 Å². The van der Waals surface area contributed by atoms with Gasteiger partial charge in [0.15, 0.2) is 11.2 Å². The van der Waals surface area contributed by atoms with Crippen LogP contribution in [0.5, 0.6) is 0 Å². The Morgan fingerprint density at radius 1 is 1.03 bits per heavy atom. The molecule has 0 bridgehead atoms. The molecule has 0 spiro atoms. The maximum absolute atomic E-state index is 15.3. The number of anilines is 2. The van der Waals surface area contributed by atoms with Gasteiger partial charge in [0.2, 0.25) is 5.95 Å². The summed E-state index contributed by atoms with van der Waals surface area (Å²) in [6.45, 7) is 6.22. The molecule has 6 rings (SSSR count). The minimum atomic E-state index is -0.693. The third kappa shape index (κ3) is 4.34. The minimum absolute atomic E-state index is 0.0102. The summed E-state index contributed by atoms with van der Waals surface area (Å²) in [5.74, 6) is -0.756. The number of benzene rings is 1. The molecule has 0 saturated carbocycles. The lowest BCUT2D eigenvalue weighted by Gasteiger charge is -2.28. The van der Waals surface area contributed by atoms with Gasteiger partial charge in [-0.15, -0.1) is 0 Å². The van der Waals surface area contributed by atoms with Gasteiger partial charge < -0.3 is 14.8 Å². The Morgan fingerprint density at radius 2 is 1.82 bits per heavy atom. The molecule has 38 heavy (non-hydrogen) atoms. The number of nitrogens with zero attached hydrogens (tertiary/aromatic N) is 5. The van der Waals surface area contributed by atoms with Gasteiger partial charge in [0.05, 0.1) is 29.0 Å². The third-order valence-corrected chi connectivity index (χ3v) is 7.94. The number of hydrogen-bond donors (Lipinski definition) is 1. The highest BCUT2D eigenvalue weighted by molar-refractivity contribution is 5.85. The second-order valence-corrected chi connectivity index (χ2v) is 11.1. The Bertz CT molecular complexity index is 1590. The van der Waals surface area contributed by atoms with Gasteiger partial charge >= 0.3 is 0 Å². The molecule has 4 aromatic rings. The van der Waals surface area contributed by atoms with Crippen molar-refractivity contribution in [2.75, 3.05) is 25.5 Å². The van der Waals surface area contributed by atoms with Crippen LogP contribution in [0.2, 0.25) is 0 Å². The lowest BCUT2D eigenvalue weighted by molar-refractivity contribution is 0.253. The van der Waals surface area contributed by atoms with E-state index in [1.165, 1.54) is 12.1 Å². The van der Waals surface area contributed by atoms with Crippen molar-refractivity contribution in [2.24, 2.45) is 0 Å². The second kappa shape index (κ2) is 9.23. The molecule has 3 aromatic heterocycles. The summed E-state index contributed by atoms with van der Waals surface area (Å²) in [6.07, 6.45) is 6.51. The van der Waals surface area contributed by atoms with Crippen LogP contribution in [0.3, 0.4) is 0 Å². The van der Waals surface area contributed by atoms with Gasteiger partial charge in [-0.25, -0.2) is 18.7 Å². The van der Waals surface area contributed by atoms with Crippen molar-refractivity contribution in [1.82, 2.24) is 24.4 Å². The fourth-order valence-corrected chi connectivity index (χ4v) is 5.82. The molecule has 1 fully saturated rings. The molecule has 2 aliphatic rings. The maximum Gasteiger partial charge on any atom is 0.227 e. The smallest absolute Gasteiger partial charge is 0.227 e. The standard InChI is InChI=1S/C29H30F2N6O/c1-29(2)9-6-20-14-25(38)26-21(30)12-18(13-24(26)37(20)29)27-22(31)16-33-28(35-27)34-19-4-5-23(32-15-19)17-7-10-36(3)11-8-17/h4-5,12-17H,6-11H2,1-3H3,(H,33,34,35). The molecule has 196 valence electrons. The Kier molecular flexibility index (Phi) is 5.98. The van der Waals surface area contributed by atoms with E-state index in [-0.39, 0.29) is 33.6 Å². The Balaban J connectivity index is 1.33. The molecule has 9 heteroatoms. The highest BCUT2D eigenvalue weighted by Gasteiger charge is 2.31. The quantitative estimate of drug-likeness (QED) is 0.393. The van der Waals surface area contributed by atoms with E-state index in [0.29, 0.717) is 17.1 Å². The van der Waals surface area contributed by atoms with Crippen molar-refractivity contribution in [1.29, 1.82) is 0 Å². The van der Waals surface area contributed by atoms with E-state index in [1.54, 1.807) is 12.3 Å². The van der Waals surface area contributed by atoms with Crippen LogP contribution in [-0.4, -0.2) is 44.6 Å². The van der Waals surface area contributed by atoms with Crippen LogP contribution >= 0.6 is 0 Å². The first kappa shape index (κ1) is 24.6. The largest absolute Gasteiger partial charge is 0.339 e. The van der Waals surface area contributed by atoms with Crippen molar-refractivity contribution in [2.45, 2.75) is 51.0 Å². The van der Waals surface area contributed by atoms with E-state index in [4.69, 9.17) is 0 Å². The summed E-state index contributed by atoms with van der Waals surface area (Å²) >= 11 is 0. The van der Waals surface area contributed by atoms with E-state index < -0.39 is 11.6 Å². The SMILES string of the molecule is CN1CCC(c2ccc(Nc3ncc(F)c(-c4cc(F)c5c(=O)cc6n(c5c4)C(C)(C)CC6)n3)cn2)CC1. The van der Waals surface area contributed by atoms with E-state index in [1.807, 2.05) is 16.7 Å². The minimum Gasteiger partial charge on any atom is -0.339 e. The van der Waals surface area contributed by atoms with Gasteiger partial charge in [-0.05, 0) is 83.9 Å². The van der Waals surface area contributed by atoms with Crippen molar-refractivity contribution in [3.63, 3.8) is 0 Å². The molecule has 5 heterocycles. The summed E-state index contributed by atoms with van der Waals surface area (Å²) in [6, 6.07) is 8.26. The van der Waals surface area contributed by atoms with E-state index >= 15 is 4.39 Å². The summed E-state index contributed by atoms with van der Waals surface area (Å²) in [5.41, 5.74) is 2.58. The maximum atomic E-state index is 15.3. The highest BCUT2D eigenvalue weighted by Crippen LogP contribution is 2.36. The molecule has 0 aliphatic carbocycles. The van der Waals surface area contributed by atoms with Crippen molar-refractivity contribution in [3.05, 3.63) is 76.0 Å². The third-order valence-electron chi connectivity index (χ3n) is 7.94. The lowest BCUT2D eigenvalue weighted by atomic mass is 9.93. The van der Waals surface area contributed by atoms with Crippen LogP contribution in [0.1, 0.15) is 50.4 Å². The number of rotatable bonds is 4. The molecule has 1 N–H and O–H groups in total. The first-order chi connectivity index (χ1) is 18.2.